The van der Waals surface area contributed by atoms with Gasteiger partial charge in [0.2, 0.25) is 0 Å². The monoisotopic (exact) mass is 320 g/mol. The molecule has 0 fully saturated rings. The molecule has 0 unspecified atom stereocenters. The van der Waals surface area contributed by atoms with E-state index in [9.17, 15) is 19.5 Å². The van der Waals surface area contributed by atoms with Crippen LogP contribution >= 0.6 is 0 Å². The minimum absolute atomic E-state index is 0.0211. The summed E-state index contributed by atoms with van der Waals surface area (Å²) in [5.74, 6) is -1.23. The molecule has 0 saturated carbocycles. The molecule has 1 aliphatic heterocycles. The van der Waals surface area contributed by atoms with Gasteiger partial charge in [0.05, 0.1) is 18.6 Å². The second kappa shape index (κ2) is 6.91. The van der Waals surface area contributed by atoms with Gasteiger partial charge in [-0.25, -0.2) is 4.79 Å². The molecule has 23 heavy (non-hydrogen) atoms. The van der Waals surface area contributed by atoms with Gasteiger partial charge in [-0.2, -0.15) is 0 Å². The van der Waals surface area contributed by atoms with E-state index in [2.05, 4.69) is 6.58 Å². The molecule has 0 spiro atoms. The highest BCUT2D eigenvalue weighted by molar-refractivity contribution is 5.96. The summed E-state index contributed by atoms with van der Waals surface area (Å²) in [6, 6.07) is 0. The molecule has 1 aliphatic carbocycles. The summed E-state index contributed by atoms with van der Waals surface area (Å²) in [6.07, 6.45) is 1.15. The molecule has 2 aliphatic rings. The number of fused-ring (bicyclic) bond motifs is 1. The van der Waals surface area contributed by atoms with Gasteiger partial charge in [-0.15, -0.1) is 0 Å². The van der Waals surface area contributed by atoms with Gasteiger partial charge in [-0.3, -0.25) is 9.59 Å². The lowest BCUT2D eigenvalue weighted by molar-refractivity contribution is -0.146. The Hall–Kier alpha value is -2.21. The Balaban J connectivity index is 2.43. The van der Waals surface area contributed by atoms with E-state index in [4.69, 9.17) is 9.47 Å². The fourth-order valence-electron chi connectivity index (χ4n) is 2.73. The van der Waals surface area contributed by atoms with E-state index in [0.717, 1.165) is 0 Å². The minimum atomic E-state index is -0.715. The van der Waals surface area contributed by atoms with Crippen LogP contribution in [0, 0.1) is 0 Å². The van der Waals surface area contributed by atoms with Crippen LogP contribution in [-0.2, 0) is 23.9 Å². The number of ketones is 1. The van der Waals surface area contributed by atoms with Gasteiger partial charge in [-0.05, 0) is 42.6 Å². The number of hydrogen-bond donors (Lipinski definition) is 1. The number of Topliss-reactive ketones (excluding diaryl/α,β-unsaturated/α-hetero) is 1. The first-order chi connectivity index (χ1) is 10.8. The summed E-state index contributed by atoms with van der Waals surface area (Å²) in [5, 5.41) is 9.38. The molecule has 1 N–H and O–H groups in total. The summed E-state index contributed by atoms with van der Waals surface area (Å²) >= 11 is 0. The van der Waals surface area contributed by atoms with Crippen molar-refractivity contribution < 1.29 is 29.0 Å². The van der Waals surface area contributed by atoms with Crippen LogP contribution in [-0.4, -0.2) is 41.6 Å². The Morgan fingerprint density at radius 2 is 2.13 bits per heavy atom. The smallest absolute Gasteiger partial charge is 0.337 e. The van der Waals surface area contributed by atoms with Crippen LogP contribution < -0.4 is 0 Å². The van der Waals surface area contributed by atoms with Gasteiger partial charge in [0, 0.05) is 6.92 Å². The molecule has 1 heterocycles. The van der Waals surface area contributed by atoms with Crippen LogP contribution in [0.3, 0.4) is 0 Å². The fourth-order valence-corrected chi connectivity index (χ4v) is 2.73. The summed E-state index contributed by atoms with van der Waals surface area (Å²) in [5.41, 5.74) is 1.90. The summed E-state index contributed by atoms with van der Waals surface area (Å²) < 4.78 is 10.5. The van der Waals surface area contributed by atoms with Crippen molar-refractivity contribution in [1.29, 1.82) is 0 Å². The number of esters is 2. The van der Waals surface area contributed by atoms with Crippen molar-refractivity contribution in [3.8, 4) is 0 Å². The maximum absolute atomic E-state index is 12.2. The summed E-state index contributed by atoms with van der Waals surface area (Å²) in [6.45, 7) is 6.35. The third-order valence-corrected chi connectivity index (χ3v) is 4.06. The first-order valence-corrected chi connectivity index (χ1v) is 7.43. The zero-order valence-corrected chi connectivity index (χ0v) is 13.3. The van der Waals surface area contributed by atoms with Gasteiger partial charge < -0.3 is 14.6 Å². The molecule has 0 bridgehead atoms. The van der Waals surface area contributed by atoms with Crippen molar-refractivity contribution in [3.05, 3.63) is 34.9 Å². The Morgan fingerprint density at radius 3 is 2.74 bits per heavy atom. The predicted molar refractivity (Wildman–Crippen MR) is 81.3 cm³/mol. The van der Waals surface area contributed by atoms with Crippen LogP contribution in [0.4, 0.5) is 0 Å². The molecular weight excluding hydrogens is 300 g/mol. The lowest BCUT2D eigenvalue weighted by Crippen LogP contribution is -2.24. The Kier molecular flexibility index (Phi) is 5.15. The normalized spacial score (nSPS) is 28.0. The lowest BCUT2D eigenvalue weighted by Gasteiger charge is -2.21. The average molecular weight is 320 g/mol. The molecule has 124 valence electrons. The van der Waals surface area contributed by atoms with E-state index < -0.39 is 30.8 Å². The van der Waals surface area contributed by atoms with Gasteiger partial charge in [0.15, 0.2) is 5.78 Å². The lowest BCUT2D eigenvalue weighted by atomic mass is 9.90. The third kappa shape index (κ3) is 3.76. The maximum atomic E-state index is 12.2. The van der Waals surface area contributed by atoms with E-state index >= 15 is 0 Å². The van der Waals surface area contributed by atoms with Crippen molar-refractivity contribution in [2.24, 2.45) is 0 Å². The number of carbonyl (C=O) groups is 3. The Bertz CT molecular complexity index is 625. The first-order valence-electron chi connectivity index (χ1n) is 7.43. The van der Waals surface area contributed by atoms with Gasteiger partial charge in [-0.1, -0.05) is 6.58 Å². The van der Waals surface area contributed by atoms with Crippen LogP contribution in [0.25, 0.3) is 0 Å². The largest absolute Gasteiger partial charge is 0.458 e. The molecule has 0 aromatic rings. The quantitative estimate of drug-likeness (QED) is 0.470. The van der Waals surface area contributed by atoms with Crippen molar-refractivity contribution >= 4 is 17.7 Å². The molecule has 0 radical (unpaired) electrons. The molecule has 2 atom stereocenters. The van der Waals surface area contributed by atoms with E-state index in [1.165, 1.54) is 6.92 Å². The Labute approximate surface area is 134 Å². The number of hydrogen-bond acceptors (Lipinski definition) is 6. The summed E-state index contributed by atoms with van der Waals surface area (Å²) in [4.78, 5) is 35.3. The van der Waals surface area contributed by atoms with Crippen molar-refractivity contribution in [3.63, 3.8) is 0 Å². The molecular formula is C17H20O6. The number of ether oxygens (including phenoxy) is 2. The van der Waals surface area contributed by atoms with Gasteiger partial charge in [0.25, 0.3) is 0 Å². The van der Waals surface area contributed by atoms with E-state index in [0.29, 0.717) is 29.6 Å². The van der Waals surface area contributed by atoms with E-state index in [1.807, 2.05) is 0 Å². The highest BCUT2D eigenvalue weighted by atomic mass is 16.6. The second-order valence-electron chi connectivity index (χ2n) is 5.73. The van der Waals surface area contributed by atoms with Crippen LogP contribution in [0.2, 0.25) is 0 Å². The molecule has 0 aromatic carbocycles. The topological polar surface area (TPSA) is 89.9 Å². The number of rotatable bonds is 2. The molecule has 2 rings (SSSR count). The van der Waals surface area contributed by atoms with Crippen molar-refractivity contribution in [2.75, 3.05) is 6.61 Å². The molecule has 6 nitrogen and oxygen atoms in total. The number of carbonyl (C=O) groups excluding carboxylic acids is 3. The van der Waals surface area contributed by atoms with Crippen LogP contribution in [0.15, 0.2) is 34.9 Å². The van der Waals surface area contributed by atoms with Crippen LogP contribution in [0.5, 0.6) is 0 Å². The van der Waals surface area contributed by atoms with Gasteiger partial charge >= 0.3 is 11.9 Å². The van der Waals surface area contributed by atoms with Crippen molar-refractivity contribution in [2.45, 2.75) is 45.3 Å². The van der Waals surface area contributed by atoms with E-state index in [-0.39, 0.29) is 17.8 Å². The molecule has 0 amide bonds. The molecule has 6 heteroatoms. The fraction of sp³-hybridized carbons (Fsp3) is 0.471. The zero-order valence-electron chi connectivity index (χ0n) is 13.3. The Morgan fingerprint density at radius 1 is 1.43 bits per heavy atom. The number of aliphatic hydroxyl groups excluding tert-OH is 1. The predicted octanol–water partition coefficient (Wildman–Crippen LogP) is 1.39. The summed E-state index contributed by atoms with van der Waals surface area (Å²) in [7, 11) is 0. The number of allylic oxidation sites excluding steroid dienone is 1. The maximum Gasteiger partial charge on any atom is 0.337 e. The third-order valence-electron chi connectivity index (χ3n) is 4.06. The highest BCUT2D eigenvalue weighted by Gasteiger charge is 2.34. The number of aliphatic hydroxyl groups is 1. The average Bonchev–Trinajstić information content (AvgIpc) is 2.77. The molecule has 0 saturated heterocycles. The SMILES string of the molecule is C=C1CCC2=C(CO)C(=O)O[C@@H]2/C=C(/C)[C@H](OC(C)=O)CC1=O. The highest BCUT2D eigenvalue weighted by Crippen LogP contribution is 2.31. The first kappa shape index (κ1) is 17.1. The zero-order chi connectivity index (χ0) is 17.1. The van der Waals surface area contributed by atoms with E-state index in [1.54, 1.807) is 13.0 Å². The minimum Gasteiger partial charge on any atom is -0.458 e. The van der Waals surface area contributed by atoms with Crippen LogP contribution in [0.1, 0.15) is 33.1 Å². The van der Waals surface area contributed by atoms with Crippen molar-refractivity contribution in [1.82, 2.24) is 0 Å². The molecule has 0 aromatic heterocycles. The second-order valence-corrected chi connectivity index (χ2v) is 5.73. The van der Waals surface area contributed by atoms with Gasteiger partial charge in [0.1, 0.15) is 12.2 Å². The standard InChI is InChI=1S/C17H20O6/c1-9-4-5-12-13(8-18)17(21)23-16(12)6-10(2)15(7-14(9)20)22-11(3)19/h6,15-16,18H,1,4-5,7-8H2,2-3H3/b10-6-/t15-,16-/m1/s1.